The van der Waals surface area contributed by atoms with Gasteiger partial charge in [-0.2, -0.15) is 0 Å². The molecular weight excluding hydrogens is 372 g/mol. The van der Waals surface area contributed by atoms with E-state index < -0.39 is 0 Å². The SMILES string of the molecule is Cc1cccc(C(Cc2ccc(NC(=O)C3CCO3)cc2)C2=CCCCC=N2)c1C. The van der Waals surface area contributed by atoms with E-state index in [1.807, 2.05) is 12.1 Å². The summed E-state index contributed by atoms with van der Waals surface area (Å²) in [5.41, 5.74) is 7.22. The number of carbonyl (C=O) groups excluding carboxylic acids is 1. The molecule has 4 rings (SSSR count). The Morgan fingerprint density at radius 3 is 2.70 bits per heavy atom. The number of aryl methyl sites for hydroxylation is 1. The second-order valence-electron chi connectivity index (χ2n) is 8.25. The van der Waals surface area contributed by atoms with Crippen LogP contribution in [0.25, 0.3) is 0 Å². The highest BCUT2D eigenvalue weighted by molar-refractivity contribution is 5.94. The highest BCUT2D eigenvalue weighted by Gasteiger charge is 2.26. The number of hydrogen-bond acceptors (Lipinski definition) is 3. The van der Waals surface area contributed by atoms with Crippen molar-refractivity contribution < 1.29 is 9.53 Å². The Morgan fingerprint density at radius 1 is 1.17 bits per heavy atom. The van der Waals surface area contributed by atoms with Gasteiger partial charge in [-0.3, -0.25) is 9.79 Å². The van der Waals surface area contributed by atoms with Crippen LogP contribution in [0.2, 0.25) is 0 Å². The van der Waals surface area contributed by atoms with Crippen molar-refractivity contribution in [1.29, 1.82) is 0 Å². The van der Waals surface area contributed by atoms with Crippen LogP contribution < -0.4 is 5.32 Å². The second kappa shape index (κ2) is 9.40. The van der Waals surface area contributed by atoms with Crippen LogP contribution in [0.1, 0.15) is 53.9 Å². The minimum Gasteiger partial charge on any atom is -0.368 e. The van der Waals surface area contributed by atoms with Crippen LogP contribution in [0.4, 0.5) is 5.69 Å². The molecule has 2 aliphatic rings. The standard InChI is InChI=1S/C26H30N2O2/c1-18-7-6-8-22(19(18)2)23(24-9-4-3-5-15-27-24)17-20-10-12-21(13-11-20)28-26(29)25-14-16-30-25/h6-13,15,23,25H,3-5,14,16-17H2,1-2H3,(H,28,29). The lowest BCUT2D eigenvalue weighted by Gasteiger charge is -2.25. The van der Waals surface area contributed by atoms with Gasteiger partial charge in [0.05, 0.1) is 6.61 Å². The summed E-state index contributed by atoms with van der Waals surface area (Å²) in [6.45, 7) is 5.05. The summed E-state index contributed by atoms with van der Waals surface area (Å²) in [6, 6.07) is 14.7. The van der Waals surface area contributed by atoms with Crippen LogP contribution in [0.5, 0.6) is 0 Å². The molecule has 1 amide bonds. The number of anilines is 1. The van der Waals surface area contributed by atoms with Gasteiger partial charge in [0.15, 0.2) is 0 Å². The Hall–Kier alpha value is -2.72. The van der Waals surface area contributed by atoms with Crippen LogP contribution >= 0.6 is 0 Å². The summed E-state index contributed by atoms with van der Waals surface area (Å²) in [7, 11) is 0. The molecule has 0 saturated carbocycles. The van der Waals surface area contributed by atoms with Crippen LogP contribution in [0.15, 0.2) is 59.2 Å². The Morgan fingerprint density at radius 2 is 1.97 bits per heavy atom. The number of hydrogen-bond donors (Lipinski definition) is 1. The maximum Gasteiger partial charge on any atom is 0.253 e. The van der Waals surface area contributed by atoms with Crippen molar-refractivity contribution in [2.75, 3.05) is 11.9 Å². The number of rotatable bonds is 6. The number of benzene rings is 2. The third-order valence-electron chi connectivity index (χ3n) is 6.16. The van der Waals surface area contributed by atoms with Crippen molar-refractivity contribution in [2.24, 2.45) is 4.99 Å². The molecular formula is C26H30N2O2. The molecule has 1 N–H and O–H groups in total. The molecule has 2 unspecified atom stereocenters. The zero-order valence-electron chi connectivity index (χ0n) is 17.9. The first-order valence-electron chi connectivity index (χ1n) is 10.9. The Bertz CT molecular complexity index is 955. The lowest BCUT2D eigenvalue weighted by Crippen LogP contribution is -2.38. The highest BCUT2D eigenvalue weighted by atomic mass is 16.5. The van der Waals surface area contributed by atoms with E-state index in [1.165, 1.54) is 28.0 Å². The third-order valence-corrected chi connectivity index (χ3v) is 6.16. The first kappa shape index (κ1) is 20.5. The minimum atomic E-state index is -0.293. The van der Waals surface area contributed by atoms with Crippen LogP contribution in [-0.2, 0) is 16.0 Å². The fourth-order valence-electron chi connectivity index (χ4n) is 4.06. The molecule has 2 aromatic rings. The van der Waals surface area contributed by atoms with E-state index in [9.17, 15) is 4.79 Å². The maximum absolute atomic E-state index is 12.1. The van der Waals surface area contributed by atoms with Gasteiger partial charge in [-0.05, 0) is 73.9 Å². The Kier molecular flexibility index (Phi) is 6.44. The van der Waals surface area contributed by atoms with Crippen molar-refractivity contribution >= 4 is 17.8 Å². The molecule has 4 nitrogen and oxygen atoms in total. The van der Waals surface area contributed by atoms with Crippen LogP contribution in [-0.4, -0.2) is 24.8 Å². The lowest BCUT2D eigenvalue weighted by atomic mass is 9.85. The van der Waals surface area contributed by atoms with Crippen LogP contribution in [0.3, 0.4) is 0 Å². The van der Waals surface area contributed by atoms with Crippen molar-refractivity contribution in [2.45, 2.75) is 58.0 Å². The van der Waals surface area contributed by atoms with Gasteiger partial charge in [-0.1, -0.05) is 36.4 Å². The Labute approximate surface area is 179 Å². The van der Waals surface area contributed by atoms with Gasteiger partial charge < -0.3 is 10.1 Å². The zero-order chi connectivity index (χ0) is 20.9. The first-order valence-corrected chi connectivity index (χ1v) is 10.9. The molecule has 1 fully saturated rings. The molecule has 2 atom stereocenters. The van der Waals surface area contributed by atoms with Gasteiger partial charge in [0, 0.05) is 29.9 Å². The maximum atomic E-state index is 12.1. The van der Waals surface area contributed by atoms with Gasteiger partial charge >= 0.3 is 0 Å². The lowest BCUT2D eigenvalue weighted by molar-refractivity contribution is -0.139. The number of allylic oxidation sites excluding steroid dienone is 2. The van der Waals surface area contributed by atoms with Gasteiger partial charge in [0.25, 0.3) is 5.91 Å². The summed E-state index contributed by atoms with van der Waals surface area (Å²) in [6.07, 6.45) is 9.04. The quantitative estimate of drug-likeness (QED) is 0.694. The molecule has 0 spiro atoms. The molecule has 2 aromatic carbocycles. The molecule has 0 aliphatic carbocycles. The smallest absolute Gasteiger partial charge is 0.253 e. The Balaban J connectivity index is 1.56. The van der Waals surface area contributed by atoms with E-state index in [1.54, 1.807) is 0 Å². The molecule has 4 heteroatoms. The normalized spacial score (nSPS) is 19.4. The van der Waals surface area contributed by atoms with Gasteiger partial charge in [0.1, 0.15) is 6.10 Å². The summed E-state index contributed by atoms with van der Waals surface area (Å²) in [5.74, 6) is 0.170. The number of aliphatic imine (C=N–C) groups is 1. The molecule has 1 saturated heterocycles. The highest BCUT2D eigenvalue weighted by Crippen LogP contribution is 2.34. The largest absolute Gasteiger partial charge is 0.368 e. The van der Waals surface area contributed by atoms with Crippen molar-refractivity contribution in [3.8, 4) is 0 Å². The number of ether oxygens (including phenoxy) is 1. The van der Waals surface area contributed by atoms with E-state index in [-0.39, 0.29) is 17.9 Å². The molecule has 2 heterocycles. The number of carbonyl (C=O) groups is 1. The summed E-state index contributed by atoms with van der Waals surface area (Å²) in [5, 5.41) is 2.95. The predicted octanol–water partition coefficient (Wildman–Crippen LogP) is 5.50. The van der Waals surface area contributed by atoms with E-state index in [2.05, 4.69) is 61.8 Å². The van der Waals surface area contributed by atoms with Crippen molar-refractivity contribution in [3.05, 3.63) is 76.5 Å². The summed E-state index contributed by atoms with van der Waals surface area (Å²) < 4.78 is 5.26. The topological polar surface area (TPSA) is 50.7 Å². The number of nitrogens with one attached hydrogen (secondary N) is 1. The molecule has 2 aliphatic heterocycles. The summed E-state index contributed by atoms with van der Waals surface area (Å²) in [4.78, 5) is 16.9. The molecule has 0 aromatic heterocycles. The van der Waals surface area contributed by atoms with Crippen molar-refractivity contribution in [3.63, 3.8) is 0 Å². The average molecular weight is 403 g/mol. The zero-order valence-corrected chi connectivity index (χ0v) is 17.9. The van der Waals surface area contributed by atoms with Gasteiger partial charge in [-0.15, -0.1) is 0 Å². The van der Waals surface area contributed by atoms with Crippen LogP contribution in [0, 0.1) is 13.8 Å². The monoisotopic (exact) mass is 402 g/mol. The van der Waals surface area contributed by atoms with E-state index in [0.717, 1.165) is 37.8 Å². The fraction of sp³-hybridized carbons (Fsp3) is 0.385. The molecule has 156 valence electrons. The van der Waals surface area contributed by atoms with E-state index in [4.69, 9.17) is 9.73 Å². The molecule has 0 radical (unpaired) electrons. The minimum absolute atomic E-state index is 0.0554. The summed E-state index contributed by atoms with van der Waals surface area (Å²) >= 11 is 0. The average Bonchev–Trinajstić information content (AvgIpc) is 2.98. The van der Waals surface area contributed by atoms with Gasteiger partial charge in [-0.25, -0.2) is 0 Å². The van der Waals surface area contributed by atoms with Crippen molar-refractivity contribution in [1.82, 2.24) is 0 Å². The third kappa shape index (κ3) is 4.71. The van der Waals surface area contributed by atoms with E-state index >= 15 is 0 Å². The molecule has 30 heavy (non-hydrogen) atoms. The van der Waals surface area contributed by atoms with E-state index in [0.29, 0.717) is 6.61 Å². The first-order chi connectivity index (χ1) is 14.6. The number of nitrogens with zero attached hydrogens (tertiary/aromatic N) is 1. The van der Waals surface area contributed by atoms with Gasteiger partial charge in [0.2, 0.25) is 0 Å². The predicted molar refractivity (Wildman–Crippen MR) is 122 cm³/mol. The molecule has 0 bridgehead atoms. The fourth-order valence-corrected chi connectivity index (χ4v) is 4.06. The second-order valence-corrected chi connectivity index (χ2v) is 8.25. The number of amides is 1.